The lowest BCUT2D eigenvalue weighted by Crippen LogP contribution is -2.65. The van der Waals surface area contributed by atoms with Crippen molar-refractivity contribution in [3.8, 4) is 5.75 Å². The van der Waals surface area contributed by atoms with E-state index in [-0.39, 0.29) is 18.4 Å². The van der Waals surface area contributed by atoms with E-state index in [1.807, 2.05) is 22.4 Å². The Balaban J connectivity index is 1.19. The molecule has 2 aromatic rings. The third-order valence-corrected chi connectivity index (χ3v) is 6.21. The number of piperazine rings is 1. The van der Waals surface area contributed by atoms with Crippen LogP contribution >= 0.6 is 22.9 Å². The summed E-state index contributed by atoms with van der Waals surface area (Å²) in [5.74, 6) is 0.501. The second-order valence-electron chi connectivity index (χ2n) is 6.84. The van der Waals surface area contributed by atoms with Gasteiger partial charge in [0.2, 0.25) is 0 Å². The highest BCUT2D eigenvalue weighted by atomic mass is 35.5. The number of rotatable bonds is 5. The van der Waals surface area contributed by atoms with Gasteiger partial charge in [-0.05, 0) is 12.1 Å². The maximum atomic E-state index is 12.4. The summed E-state index contributed by atoms with van der Waals surface area (Å²) in [5, 5.41) is 2.87. The maximum Gasteiger partial charge on any atom is 0.282 e. The van der Waals surface area contributed by atoms with Crippen LogP contribution in [0.2, 0.25) is 5.02 Å². The molecular formula is C19H21ClN4O3S. The first-order chi connectivity index (χ1) is 13.6. The highest BCUT2D eigenvalue weighted by Crippen LogP contribution is 2.24. The molecule has 1 aromatic carbocycles. The lowest BCUT2D eigenvalue weighted by Gasteiger charge is -2.48. The first-order valence-corrected chi connectivity index (χ1v) is 10.5. The summed E-state index contributed by atoms with van der Waals surface area (Å²) in [6.07, 6.45) is 1.66. The van der Waals surface area contributed by atoms with Crippen molar-refractivity contribution in [1.29, 1.82) is 0 Å². The smallest absolute Gasteiger partial charge is 0.282 e. The van der Waals surface area contributed by atoms with Gasteiger partial charge in [-0.3, -0.25) is 14.5 Å². The SMILES string of the molecule is O=C(COc1ccccc1Cl)N1CC(N2CCN(C(=O)c3nccs3)CC2)C1. The van der Waals surface area contributed by atoms with Crippen LogP contribution in [0.15, 0.2) is 35.8 Å². The fourth-order valence-electron chi connectivity index (χ4n) is 3.44. The number of aromatic nitrogens is 1. The third-order valence-electron chi connectivity index (χ3n) is 5.14. The van der Waals surface area contributed by atoms with Gasteiger partial charge >= 0.3 is 0 Å². The van der Waals surface area contributed by atoms with Crippen LogP contribution in [0.1, 0.15) is 9.80 Å². The number of nitrogens with zero attached hydrogens (tertiary/aromatic N) is 4. The Hall–Kier alpha value is -2.16. The molecular weight excluding hydrogens is 400 g/mol. The fraction of sp³-hybridized carbons (Fsp3) is 0.421. The zero-order valence-electron chi connectivity index (χ0n) is 15.3. The number of likely N-dealkylation sites (tertiary alicyclic amines) is 1. The molecule has 0 saturated carbocycles. The summed E-state index contributed by atoms with van der Waals surface area (Å²) in [7, 11) is 0. The highest BCUT2D eigenvalue weighted by Gasteiger charge is 2.36. The van der Waals surface area contributed by atoms with Gasteiger partial charge in [0.25, 0.3) is 11.8 Å². The van der Waals surface area contributed by atoms with E-state index in [2.05, 4.69) is 9.88 Å². The molecule has 3 heterocycles. The van der Waals surface area contributed by atoms with Crippen LogP contribution in [-0.2, 0) is 4.79 Å². The van der Waals surface area contributed by atoms with Crippen molar-refractivity contribution in [2.75, 3.05) is 45.9 Å². The zero-order chi connectivity index (χ0) is 19.5. The molecule has 9 heteroatoms. The number of hydrogen-bond donors (Lipinski definition) is 0. The van der Waals surface area contributed by atoms with Gasteiger partial charge in [-0.1, -0.05) is 23.7 Å². The molecule has 0 spiro atoms. The van der Waals surface area contributed by atoms with E-state index in [0.717, 1.165) is 13.1 Å². The van der Waals surface area contributed by atoms with E-state index in [1.165, 1.54) is 11.3 Å². The number of halogens is 1. The van der Waals surface area contributed by atoms with Crippen LogP contribution < -0.4 is 4.74 Å². The number of carbonyl (C=O) groups is 2. The average molecular weight is 421 g/mol. The monoisotopic (exact) mass is 420 g/mol. The number of hydrogen-bond acceptors (Lipinski definition) is 6. The van der Waals surface area contributed by atoms with Crippen molar-refractivity contribution in [2.45, 2.75) is 6.04 Å². The van der Waals surface area contributed by atoms with Gasteiger partial charge in [0.1, 0.15) is 5.75 Å². The molecule has 0 aliphatic carbocycles. The lowest BCUT2D eigenvalue weighted by molar-refractivity contribution is -0.141. The molecule has 1 aromatic heterocycles. The Morgan fingerprint density at radius 2 is 1.89 bits per heavy atom. The van der Waals surface area contributed by atoms with Gasteiger partial charge in [-0.15, -0.1) is 11.3 Å². The number of carbonyl (C=O) groups excluding carboxylic acids is 2. The van der Waals surface area contributed by atoms with E-state index >= 15 is 0 Å². The van der Waals surface area contributed by atoms with Crippen molar-refractivity contribution < 1.29 is 14.3 Å². The standard InChI is InChI=1S/C19H21ClN4O3S/c20-15-3-1-2-4-16(15)27-13-17(25)24-11-14(12-24)22-6-8-23(9-7-22)19(26)18-21-5-10-28-18/h1-5,10,14H,6-9,11-13H2. The molecule has 2 fully saturated rings. The predicted octanol–water partition coefficient (Wildman–Crippen LogP) is 1.84. The molecule has 28 heavy (non-hydrogen) atoms. The van der Waals surface area contributed by atoms with E-state index in [1.54, 1.807) is 23.2 Å². The number of thiazole rings is 1. The molecule has 0 bridgehead atoms. The molecule has 4 rings (SSSR count). The lowest BCUT2D eigenvalue weighted by atomic mass is 10.1. The Morgan fingerprint density at radius 3 is 2.57 bits per heavy atom. The first kappa shape index (κ1) is 19.2. The predicted molar refractivity (Wildman–Crippen MR) is 107 cm³/mol. The number of amides is 2. The Kier molecular flexibility index (Phi) is 5.79. The number of benzene rings is 1. The van der Waals surface area contributed by atoms with E-state index in [9.17, 15) is 9.59 Å². The van der Waals surface area contributed by atoms with Crippen LogP contribution in [0.3, 0.4) is 0 Å². The van der Waals surface area contributed by atoms with E-state index < -0.39 is 0 Å². The Bertz CT molecular complexity index is 833. The molecule has 2 aliphatic rings. The van der Waals surface area contributed by atoms with Crippen molar-refractivity contribution in [3.63, 3.8) is 0 Å². The average Bonchev–Trinajstić information content (AvgIpc) is 3.21. The topological polar surface area (TPSA) is 66.0 Å². The van der Waals surface area contributed by atoms with E-state index in [0.29, 0.717) is 48.0 Å². The highest BCUT2D eigenvalue weighted by molar-refractivity contribution is 7.11. The minimum absolute atomic E-state index is 0.00739. The summed E-state index contributed by atoms with van der Waals surface area (Å²) in [6, 6.07) is 7.48. The second-order valence-corrected chi connectivity index (χ2v) is 8.14. The molecule has 2 aliphatic heterocycles. The number of para-hydroxylation sites is 1. The third kappa shape index (κ3) is 4.14. The maximum absolute atomic E-state index is 12.4. The molecule has 148 valence electrons. The second kappa shape index (κ2) is 8.46. The van der Waals surface area contributed by atoms with Crippen LogP contribution in [0.5, 0.6) is 5.75 Å². The normalized spacial score (nSPS) is 18.0. The van der Waals surface area contributed by atoms with Crippen LogP contribution in [0, 0.1) is 0 Å². The summed E-state index contributed by atoms with van der Waals surface area (Å²) in [5.41, 5.74) is 0. The number of ether oxygens (including phenoxy) is 1. The van der Waals surface area contributed by atoms with Crippen molar-refractivity contribution >= 4 is 34.8 Å². The minimum Gasteiger partial charge on any atom is -0.482 e. The molecule has 0 unspecified atom stereocenters. The van der Waals surface area contributed by atoms with E-state index in [4.69, 9.17) is 16.3 Å². The molecule has 2 saturated heterocycles. The summed E-state index contributed by atoms with van der Waals surface area (Å²) in [6.45, 7) is 4.42. The summed E-state index contributed by atoms with van der Waals surface area (Å²) in [4.78, 5) is 34.7. The Labute approximate surface area is 172 Å². The van der Waals surface area contributed by atoms with Crippen molar-refractivity contribution in [1.82, 2.24) is 19.7 Å². The van der Waals surface area contributed by atoms with Gasteiger partial charge in [0.15, 0.2) is 11.6 Å². The largest absolute Gasteiger partial charge is 0.482 e. The fourth-order valence-corrected chi connectivity index (χ4v) is 4.23. The van der Waals surface area contributed by atoms with Crippen molar-refractivity contribution in [3.05, 3.63) is 45.9 Å². The summed E-state index contributed by atoms with van der Waals surface area (Å²) < 4.78 is 5.53. The van der Waals surface area contributed by atoms with Gasteiger partial charge in [0.05, 0.1) is 5.02 Å². The molecule has 2 amide bonds. The van der Waals surface area contributed by atoms with Crippen molar-refractivity contribution in [2.24, 2.45) is 0 Å². The molecule has 0 atom stereocenters. The first-order valence-electron chi connectivity index (χ1n) is 9.20. The van der Waals surface area contributed by atoms with Gasteiger partial charge < -0.3 is 14.5 Å². The minimum atomic E-state index is -0.0336. The van der Waals surface area contributed by atoms with Gasteiger partial charge in [-0.2, -0.15) is 0 Å². The summed E-state index contributed by atoms with van der Waals surface area (Å²) >= 11 is 7.41. The molecule has 0 N–H and O–H groups in total. The zero-order valence-corrected chi connectivity index (χ0v) is 16.9. The molecule has 0 radical (unpaired) electrons. The molecule has 7 nitrogen and oxygen atoms in total. The van der Waals surface area contributed by atoms with Crippen LogP contribution in [0.4, 0.5) is 0 Å². The van der Waals surface area contributed by atoms with Gasteiger partial charge in [-0.25, -0.2) is 4.98 Å². The van der Waals surface area contributed by atoms with Crippen LogP contribution in [0.25, 0.3) is 0 Å². The van der Waals surface area contributed by atoms with Crippen LogP contribution in [-0.4, -0.2) is 83.4 Å². The quantitative estimate of drug-likeness (QED) is 0.738. The Morgan fingerprint density at radius 1 is 1.14 bits per heavy atom. The van der Waals surface area contributed by atoms with Gasteiger partial charge in [0, 0.05) is 56.9 Å².